The summed E-state index contributed by atoms with van der Waals surface area (Å²) in [6.07, 6.45) is 0. The number of fused-ring (bicyclic) bond motifs is 1. The number of carbonyl (C=O) groups is 1. The number of nitriles is 1. The fraction of sp³-hybridized carbons (Fsp3) is 0.333. The van der Waals surface area contributed by atoms with E-state index in [1.54, 1.807) is 17.0 Å². The third kappa shape index (κ3) is 2.59. The highest BCUT2D eigenvalue weighted by Crippen LogP contribution is 2.32. The Labute approximate surface area is 117 Å². The molecule has 0 atom stereocenters. The first-order chi connectivity index (χ1) is 9.71. The SMILES string of the molecule is CCN(CC)C(=O)COc1c(C#N)oc2ccccc12. The van der Waals surface area contributed by atoms with Crippen LogP contribution in [0.2, 0.25) is 0 Å². The maximum absolute atomic E-state index is 11.9. The molecule has 0 N–H and O–H groups in total. The van der Waals surface area contributed by atoms with Crippen molar-refractivity contribution in [1.82, 2.24) is 4.90 Å². The highest BCUT2D eigenvalue weighted by molar-refractivity contribution is 5.87. The van der Waals surface area contributed by atoms with Crippen LogP contribution in [0.25, 0.3) is 11.0 Å². The molecule has 1 heterocycles. The summed E-state index contributed by atoms with van der Waals surface area (Å²) in [6.45, 7) is 5.00. The molecule has 1 amide bonds. The van der Waals surface area contributed by atoms with Gasteiger partial charge in [-0.2, -0.15) is 5.26 Å². The number of carbonyl (C=O) groups excluding carboxylic acids is 1. The Morgan fingerprint density at radius 3 is 2.70 bits per heavy atom. The molecule has 0 radical (unpaired) electrons. The molecule has 0 spiro atoms. The number of nitrogens with zero attached hydrogens (tertiary/aromatic N) is 2. The second-order valence-electron chi connectivity index (χ2n) is 4.22. The van der Waals surface area contributed by atoms with E-state index in [1.165, 1.54) is 0 Å². The van der Waals surface area contributed by atoms with Crippen LogP contribution in [-0.4, -0.2) is 30.5 Å². The van der Waals surface area contributed by atoms with Gasteiger partial charge in [0.25, 0.3) is 5.91 Å². The summed E-state index contributed by atoms with van der Waals surface area (Å²) in [7, 11) is 0. The second kappa shape index (κ2) is 6.11. The van der Waals surface area contributed by atoms with Crippen molar-refractivity contribution < 1.29 is 13.9 Å². The Bertz CT molecular complexity index is 651. The second-order valence-corrected chi connectivity index (χ2v) is 4.22. The number of para-hydroxylation sites is 1. The molecule has 0 aliphatic carbocycles. The van der Waals surface area contributed by atoms with Gasteiger partial charge in [0.05, 0.1) is 5.39 Å². The van der Waals surface area contributed by atoms with Gasteiger partial charge in [0, 0.05) is 13.1 Å². The van der Waals surface area contributed by atoms with Crippen molar-refractivity contribution in [3.05, 3.63) is 30.0 Å². The first-order valence-corrected chi connectivity index (χ1v) is 6.53. The lowest BCUT2D eigenvalue weighted by atomic mass is 10.2. The maximum atomic E-state index is 11.9. The molecular weight excluding hydrogens is 256 g/mol. The Morgan fingerprint density at radius 1 is 1.35 bits per heavy atom. The smallest absolute Gasteiger partial charge is 0.260 e. The molecule has 0 aliphatic heterocycles. The third-order valence-corrected chi connectivity index (χ3v) is 3.11. The van der Waals surface area contributed by atoms with E-state index < -0.39 is 0 Å². The fourth-order valence-electron chi connectivity index (χ4n) is 2.04. The van der Waals surface area contributed by atoms with Crippen LogP contribution < -0.4 is 4.74 Å². The Kier molecular flexibility index (Phi) is 4.26. The molecular formula is C15H16N2O3. The van der Waals surface area contributed by atoms with Crippen LogP contribution in [0.4, 0.5) is 0 Å². The predicted molar refractivity (Wildman–Crippen MR) is 74.4 cm³/mol. The van der Waals surface area contributed by atoms with Crippen molar-refractivity contribution in [3.8, 4) is 11.8 Å². The molecule has 2 aromatic rings. The van der Waals surface area contributed by atoms with E-state index in [9.17, 15) is 4.79 Å². The van der Waals surface area contributed by atoms with Crippen molar-refractivity contribution >= 4 is 16.9 Å². The van der Waals surface area contributed by atoms with Crippen LogP contribution in [0.5, 0.6) is 5.75 Å². The molecule has 0 bridgehead atoms. The summed E-state index contributed by atoms with van der Waals surface area (Å²) in [6, 6.07) is 9.16. The number of ether oxygens (including phenoxy) is 1. The summed E-state index contributed by atoms with van der Waals surface area (Å²) >= 11 is 0. The van der Waals surface area contributed by atoms with Gasteiger partial charge in [0.15, 0.2) is 12.4 Å². The normalized spacial score (nSPS) is 10.2. The number of benzene rings is 1. The van der Waals surface area contributed by atoms with Gasteiger partial charge in [-0.3, -0.25) is 4.79 Å². The van der Waals surface area contributed by atoms with Crippen LogP contribution in [0.15, 0.2) is 28.7 Å². The van der Waals surface area contributed by atoms with Gasteiger partial charge in [-0.05, 0) is 26.0 Å². The monoisotopic (exact) mass is 272 g/mol. The molecule has 5 heteroatoms. The van der Waals surface area contributed by atoms with Crippen molar-refractivity contribution in [2.45, 2.75) is 13.8 Å². The zero-order chi connectivity index (χ0) is 14.5. The van der Waals surface area contributed by atoms with Gasteiger partial charge in [0.1, 0.15) is 11.7 Å². The first-order valence-electron chi connectivity index (χ1n) is 6.53. The largest absolute Gasteiger partial charge is 0.478 e. The minimum Gasteiger partial charge on any atom is -0.478 e. The third-order valence-electron chi connectivity index (χ3n) is 3.11. The van der Waals surface area contributed by atoms with E-state index in [2.05, 4.69) is 0 Å². The van der Waals surface area contributed by atoms with Gasteiger partial charge in [-0.1, -0.05) is 12.1 Å². The molecule has 0 saturated heterocycles. The maximum Gasteiger partial charge on any atom is 0.260 e. The number of rotatable bonds is 5. The van der Waals surface area contributed by atoms with E-state index in [-0.39, 0.29) is 18.3 Å². The first kappa shape index (κ1) is 13.9. The van der Waals surface area contributed by atoms with Crippen LogP contribution in [0, 0.1) is 11.3 Å². The van der Waals surface area contributed by atoms with Crippen LogP contribution in [0.1, 0.15) is 19.6 Å². The molecule has 104 valence electrons. The van der Waals surface area contributed by atoms with Crippen LogP contribution in [-0.2, 0) is 4.79 Å². The van der Waals surface area contributed by atoms with E-state index in [0.29, 0.717) is 29.8 Å². The molecule has 0 saturated carbocycles. The van der Waals surface area contributed by atoms with Gasteiger partial charge in [-0.15, -0.1) is 0 Å². The van der Waals surface area contributed by atoms with Gasteiger partial charge < -0.3 is 14.1 Å². The number of hydrogen-bond donors (Lipinski definition) is 0. The zero-order valence-electron chi connectivity index (χ0n) is 11.5. The van der Waals surface area contributed by atoms with Crippen molar-refractivity contribution in [3.63, 3.8) is 0 Å². The molecule has 1 aromatic heterocycles. The molecule has 2 rings (SSSR count). The lowest BCUT2D eigenvalue weighted by molar-refractivity contribution is -0.132. The van der Waals surface area contributed by atoms with Crippen molar-refractivity contribution in [2.75, 3.05) is 19.7 Å². The minimum atomic E-state index is -0.107. The predicted octanol–water partition coefficient (Wildman–Crippen LogP) is 2.55. The number of hydrogen-bond acceptors (Lipinski definition) is 4. The lowest BCUT2D eigenvalue weighted by Crippen LogP contribution is -2.34. The zero-order valence-corrected chi connectivity index (χ0v) is 11.5. The summed E-state index contributed by atoms with van der Waals surface area (Å²) in [4.78, 5) is 13.6. The van der Waals surface area contributed by atoms with E-state index >= 15 is 0 Å². The van der Waals surface area contributed by atoms with E-state index in [1.807, 2.05) is 32.0 Å². The Hall–Kier alpha value is -2.48. The number of amides is 1. The number of likely N-dealkylation sites (N-methyl/N-ethyl adjacent to an activating group) is 1. The molecule has 20 heavy (non-hydrogen) atoms. The summed E-state index contributed by atoms with van der Waals surface area (Å²) in [5.74, 6) is 0.325. The minimum absolute atomic E-state index is 0.0959. The average molecular weight is 272 g/mol. The quantitative estimate of drug-likeness (QED) is 0.839. The summed E-state index contributed by atoms with van der Waals surface area (Å²) < 4.78 is 10.9. The molecule has 0 aliphatic rings. The lowest BCUT2D eigenvalue weighted by Gasteiger charge is -2.18. The molecule has 1 aromatic carbocycles. The van der Waals surface area contributed by atoms with Crippen LogP contribution in [0.3, 0.4) is 0 Å². The number of furan rings is 1. The standard InChI is InChI=1S/C15H16N2O3/c1-3-17(4-2)14(18)10-19-15-11-7-5-6-8-12(11)20-13(15)9-16/h5-8H,3-4,10H2,1-2H3. The summed E-state index contributed by atoms with van der Waals surface area (Å²) in [5.41, 5.74) is 0.578. The van der Waals surface area contributed by atoms with Crippen molar-refractivity contribution in [1.29, 1.82) is 5.26 Å². The highest BCUT2D eigenvalue weighted by atomic mass is 16.5. The topological polar surface area (TPSA) is 66.5 Å². The van der Waals surface area contributed by atoms with Crippen molar-refractivity contribution in [2.24, 2.45) is 0 Å². The summed E-state index contributed by atoms with van der Waals surface area (Å²) in [5, 5.41) is 9.77. The Balaban J connectivity index is 2.21. The fourth-order valence-corrected chi connectivity index (χ4v) is 2.04. The Morgan fingerprint density at radius 2 is 2.05 bits per heavy atom. The highest BCUT2D eigenvalue weighted by Gasteiger charge is 2.17. The van der Waals surface area contributed by atoms with E-state index in [0.717, 1.165) is 0 Å². The molecule has 0 unspecified atom stereocenters. The van der Waals surface area contributed by atoms with Gasteiger partial charge >= 0.3 is 0 Å². The van der Waals surface area contributed by atoms with Gasteiger partial charge in [0.2, 0.25) is 5.76 Å². The average Bonchev–Trinajstić information content (AvgIpc) is 2.84. The van der Waals surface area contributed by atoms with E-state index in [4.69, 9.17) is 14.4 Å². The molecule has 0 fully saturated rings. The van der Waals surface area contributed by atoms with Crippen LogP contribution >= 0.6 is 0 Å². The molecule has 5 nitrogen and oxygen atoms in total. The van der Waals surface area contributed by atoms with Gasteiger partial charge in [-0.25, -0.2) is 0 Å².